The van der Waals surface area contributed by atoms with Crippen LogP contribution in [0, 0.1) is 5.92 Å². The number of anilines is 1. The van der Waals surface area contributed by atoms with Crippen molar-refractivity contribution in [2.45, 2.75) is 31.7 Å². The molecule has 120 valence electrons. The fraction of sp³-hybridized carbons (Fsp3) is 0.625. The lowest BCUT2D eigenvalue weighted by Crippen LogP contribution is -2.47. The summed E-state index contributed by atoms with van der Waals surface area (Å²) in [6.07, 6.45) is 5.62. The van der Waals surface area contributed by atoms with Crippen LogP contribution in [0.25, 0.3) is 0 Å². The molecule has 2 aliphatic heterocycles. The molecule has 1 N–H and O–H groups in total. The first-order chi connectivity index (χ1) is 10.7. The highest BCUT2D eigenvalue weighted by molar-refractivity contribution is 9.10. The van der Waals surface area contributed by atoms with E-state index in [1.165, 1.54) is 0 Å². The molecule has 1 aromatic rings. The summed E-state index contributed by atoms with van der Waals surface area (Å²) in [5, 5.41) is 3.20. The highest BCUT2D eigenvalue weighted by Gasteiger charge is 2.28. The minimum Gasteiger partial charge on any atom is -0.381 e. The summed E-state index contributed by atoms with van der Waals surface area (Å²) in [6.45, 7) is 3.20. The number of ether oxygens (including phenoxy) is 1. The number of carbonyl (C=O) groups excluding carboxylic acids is 1. The van der Waals surface area contributed by atoms with E-state index < -0.39 is 0 Å². The normalized spacial score (nSPS) is 23.3. The number of nitrogens with one attached hydrogen (secondary N) is 1. The number of pyridine rings is 1. The molecule has 0 radical (unpaired) electrons. The average molecular weight is 368 g/mol. The molecule has 1 aromatic heterocycles. The van der Waals surface area contributed by atoms with Crippen molar-refractivity contribution in [3.8, 4) is 0 Å². The van der Waals surface area contributed by atoms with Gasteiger partial charge in [-0.2, -0.15) is 0 Å². The molecule has 1 atom stereocenters. The Kier molecular flexibility index (Phi) is 5.31. The number of amides is 1. The Hall–Kier alpha value is -1.14. The van der Waals surface area contributed by atoms with Crippen molar-refractivity contribution in [1.82, 2.24) is 10.3 Å². The van der Waals surface area contributed by atoms with Crippen molar-refractivity contribution in [2.24, 2.45) is 5.92 Å². The molecule has 3 rings (SSSR count). The number of hydrogen-bond acceptors (Lipinski definition) is 4. The zero-order valence-corrected chi connectivity index (χ0v) is 14.2. The lowest BCUT2D eigenvalue weighted by atomic mass is 9.96. The van der Waals surface area contributed by atoms with Crippen LogP contribution in [-0.2, 0) is 9.53 Å². The lowest BCUT2D eigenvalue weighted by Gasteiger charge is -2.34. The lowest BCUT2D eigenvalue weighted by molar-refractivity contribution is -0.126. The Balaban J connectivity index is 1.60. The summed E-state index contributed by atoms with van der Waals surface area (Å²) in [5.41, 5.74) is 0. The first-order valence-electron chi connectivity index (χ1n) is 7.97. The van der Waals surface area contributed by atoms with Gasteiger partial charge in [0, 0.05) is 38.5 Å². The zero-order valence-electron chi connectivity index (χ0n) is 12.6. The maximum absolute atomic E-state index is 12.5. The molecule has 0 aromatic carbocycles. The zero-order chi connectivity index (χ0) is 15.4. The number of halogens is 1. The standard InChI is InChI=1S/C16H22BrN3O2/c17-14-4-1-7-18-15(14)20-8-2-3-12(11-20)16(21)19-13-5-9-22-10-6-13/h1,4,7,12-13H,2-3,5-6,8-11H2,(H,19,21). The molecule has 2 fully saturated rings. The maximum Gasteiger partial charge on any atom is 0.225 e. The highest BCUT2D eigenvalue weighted by atomic mass is 79.9. The van der Waals surface area contributed by atoms with Crippen LogP contribution in [-0.4, -0.2) is 43.2 Å². The minimum atomic E-state index is 0.0468. The minimum absolute atomic E-state index is 0.0468. The topological polar surface area (TPSA) is 54.5 Å². The quantitative estimate of drug-likeness (QED) is 0.890. The van der Waals surface area contributed by atoms with Crippen molar-refractivity contribution in [1.29, 1.82) is 0 Å². The second-order valence-corrected chi connectivity index (χ2v) is 6.84. The molecule has 2 saturated heterocycles. The van der Waals surface area contributed by atoms with Crippen molar-refractivity contribution in [3.63, 3.8) is 0 Å². The number of carbonyl (C=O) groups is 1. The monoisotopic (exact) mass is 367 g/mol. The van der Waals surface area contributed by atoms with E-state index in [1.54, 1.807) is 6.20 Å². The SMILES string of the molecule is O=C(NC1CCOCC1)C1CCCN(c2ncccc2Br)C1. The Bertz CT molecular complexity index is 520. The second kappa shape index (κ2) is 7.42. The smallest absolute Gasteiger partial charge is 0.225 e. The number of aromatic nitrogens is 1. The molecule has 0 spiro atoms. The Labute approximate surface area is 139 Å². The molecule has 2 aliphatic rings. The third-order valence-electron chi connectivity index (χ3n) is 4.40. The third-order valence-corrected chi connectivity index (χ3v) is 5.02. The molecule has 6 heteroatoms. The van der Waals surface area contributed by atoms with Gasteiger partial charge in [-0.15, -0.1) is 0 Å². The molecule has 1 amide bonds. The second-order valence-electron chi connectivity index (χ2n) is 5.99. The molecule has 3 heterocycles. The Morgan fingerprint density at radius 3 is 2.95 bits per heavy atom. The number of piperidine rings is 1. The van der Waals surface area contributed by atoms with Gasteiger partial charge in [0.25, 0.3) is 0 Å². The van der Waals surface area contributed by atoms with Crippen LogP contribution in [0.1, 0.15) is 25.7 Å². The Morgan fingerprint density at radius 1 is 1.36 bits per heavy atom. The summed E-state index contributed by atoms with van der Waals surface area (Å²) >= 11 is 3.55. The van der Waals surface area contributed by atoms with Gasteiger partial charge < -0.3 is 15.0 Å². The first kappa shape index (κ1) is 15.7. The summed E-state index contributed by atoms with van der Waals surface area (Å²) in [6, 6.07) is 4.18. The van der Waals surface area contributed by atoms with Gasteiger partial charge >= 0.3 is 0 Å². The third kappa shape index (κ3) is 3.79. The Morgan fingerprint density at radius 2 is 2.18 bits per heavy atom. The van der Waals surface area contributed by atoms with Gasteiger partial charge in [-0.1, -0.05) is 0 Å². The summed E-state index contributed by atoms with van der Waals surface area (Å²) in [7, 11) is 0. The van der Waals surface area contributed by atoms with Gasteiger partial charge in [-0.3, -0.25) is 4.79 Å². The van der Waals surface area contributed by atoms with Crippen molar-refractivity contribution in [3.05, 3.63) is 22.8 Å². The molecule has 0 bridgehead atoms. The van der Waals surface area contributed by atoms with Crippen molar-refractivity contribution >= 4 is 27.7 Å². The van der Waals surface area contributed by atoms with E-state index in [4.69, 9.17) is 4.74 Å². The van der Waals surface area contributed by atoms with E-state index in [9.17, 15) is 4.79 Å². The summed E-state index contributed by atoms with van der Waals surface area (Å²) < 4.78 is 6.33. The van der Waals surface area contributed by atoms with Crippen LogP contribution in [0.15, 0.2) is 22.8 Å². The molecular formula is C16H22BrN3O2. The molecule has 1 unspecified atom stereocenters. The van der Waals surface area contributed by atoms with E-state index >= 15 is 0 Å². The maximum atomic E-state index is 12.5. The van der Waals surface area contributed by atoms with E-state index in [0.29, 0.717) is 0 Å². The number of rotatable bonds is 3. The van der Waals surface area contributed by atoms with Crippen LogP contribution in [0.5, 0.6) is 0 Å². The van der Waals surface area contributed by atoms with Crippen LogP contribution in [0.2, 0.25) is 0 Å². The molecule has 0 saturated carbocycles. The largest absolute Gasteiger partial charge is 0.381 e. The van der Waals surface area contributed by atoms with Crippen LogP contribution >= 0.6 is 15.9 Å². The van der Waals surface area contributed by atoms with Crippen molar-refractivity contribution < 1.29 is 9.53 Å². The van der Waals surface area contributed by atoms with E-state index in [0.717, 1.165) is 62.3 Å². The van der Waals surface area contributed by atoms with Gasteiger partial charge in [0.2, 0.25) is 5.91 Å². The predicted molar refractivity (Wildman–Crippen MR) is 88.9 cm³/mol. The van der Waals surface area contributed by atoms with Crippen LogP contribution in [0.3, 0.4) is 0 Å². The summed E-state index contributed by atoms with van der Waals surface area (Å²) in [4.78, 5) is 19.2. The average Bonchev–Trinajstić information content (AvgIpc) is 2.56. The van der Waals surface area contributed by atoms with E-state index in [2.05, 4.69) is 31.1 Å². The molecular weight excluding hydrogens is 346 g/mol. The summed E-state index contributed by atoms with van der Waals surface area (Å²) in [5.74, 6) is 1.17. The van der Waals surface area contributed by atoms with Gasteiger partial charge in [-0.25, -0.2) is 4.98 Å². The first-order valence-corrected chi connectivity index (χ1v) is 8.77. The molecule has 22 heavy (non-hydrogen) atoms. The molecule has 5 nitrogen and oxygen atoms in total. The van der Waals surface area contributed by atoms with Gasteiger partial charge in [0.15, 0.2) is 0 Å². The highest BCUT2D eigenvalue weighted by Crippen LogP contribution is 2.28. The van der Waals surface area contributed by atoms with Crippen molar-refractivity contribution in [2.75, 3.05) is 31.2 Å². The van der Waals surface area contributed by atoms with E-state index in [-0.39, 0.29) is 17.9 Å². The fourth-order valence-electron chi connectivity index (χ4n) is 3.15. The number of hydrogen-bond donors (Lipinski definition) is 1. The van der Waals surface area contributed by atoms with Gasteiger partial charge in [0.05, 0.1) is 10.4 Å². The van der Waals surface area contributed by atoms with Crippen LogP contribution < -0.4 is 10.2 Å². The fourth-order valence-corrected chi connectivity index (χ4v) is 3.66. The van der Waals surface area contributed by atoms with Gasteiger partial charge in [-0.05, 0) is 53.7 Å². The van der Waals surface area contributed by atoms with E-state index in [1.807, 2.05) is 12.1 Å². The number of nitrogens with zero attached hydrogens (tertiary/aromatic N) is 2. The predicted octanol–water partition coefficient (Wildman–Crippen LogP) is 2.36. The molecule has 0 aliphatic carbocycles. The van der Waals surface area contributed by atoms with Gasteiger partial charge in [0.1, 0.15) is 5.82 Å². The van der Waals surface area contributed by atoms with Crippen LogP contribution in [0.4, 0.5) is 5.82 Å².